The predicted octanol–water partition coefficient (Wildman–Crippen LogP) is 3.51. The van der Waals surface area contributed by atoms with Gasteiger partial charge in [0, 0.05) is 4.47 Å². The molecular weight excluding hydrogens is 332 g/mol. The molecule has 0 spiro atoms. The highest BCUT2D eigenvalue weighted by Gasteiger charge is 2.12. The van der Waals surface area contributed by atoms with E-state index in [9.17, 15) is 4.79 Å². The molecule has 0 aliphatic carbocycles. The molecule has 1 N–H and O–H groups in total. The molecule has 0 unspecified atom stereocenters. The number of methoxy groups -OCH3 is 1. The average Bonchev–Trinajstić information content (AvgIpc) is 2.49. The van der Waals surface area contributed by atoms with Crippen molar-refractivity contribution in [2.24, 2.45) is 0 Å². The van der Waals surface area contributed by atoms with Gasteiger partial charge in [-0.05, 0) is 29.8 Å². The molecule has 2 aromatic rings. The summed E-state index contributed by atoms with van der Waals surface area (Å²) in [5.41, 5.74) is 1.67. The molecule has 0 aliphatic heterocycles. The molecule has 0 radical (unpaired) electrons. The van der Waals surface area contributed by atoms with Crippen LogP contribution in [0.2, 0.25) is 0 Å². The van der Waals surface area contributed by atoms with Gasteiger partial charge in [0.25, 0.3) is 0 Å². The van der Waals surface area contributed by atoms with Gasteiger partial charge in [-0.25, -0.2) is 0 Å². The second kappa shape index (κ2) is 6.91. The van der Waals surface area contributed by atoms with Gasteiger partial charge in [-0.1, -0.05) is 34.1 Å². The lowest BCUT2D eigenvalue weighted by Crippen LogP contribution is -2.16. The summed E-state index contributed by atoms with van der Waals surface area (Å²) in [4.78, 5) is 12.1. The van der Waals surface area contributed by atoms with E-state index in [2.05, 4.69) is 21.2 Å². The molecule has 0 atom stereocenters. The highest BCUT2D eigenvalue weighted by Crippen LogP contribution is 2.27. The van der Waals surface area contributed by atoms with Crippen molar-refractivity contribution in [1.29, 1.82) is 5.26 Å². The lowest BCUT2D eigenvalue weighted by molar-refractivity contribution is -0.115. The molecule has 0 fully saturated rings. The van der Waals surface area contributed by atoms with Gasteiger partial charge in [0.15, 0.2) is 0 Å². The first-order valence-electron chi connectivity index (χ1n) is 6.25. The van der Waals surface area contributed by atoms with Crippen LogP contribution >= 0.6 is 15.9 Å². The molecule has 21 heavy (non-hydrogen) atoms. The Bertz CT molecular complexity index is 690. The number of hydrogen-bond acceptors (Lipinski definition) is 3. The van der Waals surface area contributed by atoms with Gasteiger partial charge in [-0.15, -0.1) is 0 Å². The highest BCUT2D eigenvalue weighted by molar-refractivity contribution is 9.10. The number of hydrogen-bond donors (Lipinski definition) is 1. The van der Waals surface area contributed by atoms with Crippen LogP contribution in [0.3, 0.4) is 0 Å². The van der Waals surface area contributed by atoms with Crippen LogP contribution in [0, 0.1) is 11.3 Å². The Kier molecular flexibility index (Phi) is 4.96. The Morgan fingerprint density at radius 3 is 2.62 bits per heavy atom. The normalized spacial score (nSPS) is 9.76. The number of para-hydroxylation sites is 1. The molecule has 0 heterocycles. The summed E-state index contributed by atoms with van der Waals surface area (Å²) in [5, 5.41) is 11.9. The van der Waals surface area contributed by atoms with Crippen molar-refractivity contribution in [3.8, 4) is 11.8 Å². The van der Waals surface area contributed by atoms with E-state index in [4.69, 9.17) is 10.00 Å². The van der Waals surface area contributed by atoms with Crippen molar-refractivity contribution in [2.75, 3.05) is 12.4 Å². The number of halogens is 1. The average molecular weight is 345 g/mol. The number of anilines is 1. The van der Waals surface area contributed by atoms with Gasteiger partial charge in [-0.2, -0.15) is 5.26 Å². The monoisotopic (exact) mass is 344 g/mol. The molecular formula is C16H13BrN2O2. The quantitative estimate of drug-likeness (QED) is 0.922. The second-order valence-electron chi connectivity index (χ2n) is 4.35. The molecule has 106 valence electrons. The van der Waals surface area contributed by atoms with Crippen molar-refractivity contribution >= 4 is 27.5 Å². The summed E-state index contributed by atoms with van der Waals surface area (Å²) in [5.74, 6) is 0.275. The van der Waals surface area contributed by atoms with Crippen molar-refractivity contribution in [3.05, 3.63) is 58.1 Å². The van der Waals surface area contributed by atoms with Crippen LogP contribution in [0.1, 0.15) is 11.1 Å². The molecule has 0 saturated carbocycles. The van der Waals surface area contributed by atoms with E-state index in [0.717, 1.165) is 10.0 Å². The minimum Gasteiger partial charge on any atom is -0.495 e. The van der Waals surface area contributed by atoms with E-state index in [1.54, 1.807) is 18.2 Å². The molecule has 5 heteroatoms. The van der Waals surface area contributed by atoms with Crippen LogP contribution in [-0.2, 0) is 11.2 Å². The number of nitrogens with zero attached hydrogens (tertiary/aromatic N) is 1. The zero-order chi connectivity index (χ0) is 15.2. The van der Waals surface area contributed by atoms with Crippen LogP contribution in [0.25, 0.3) is 0 Å². The Labute approximate surface area is 131 Å². The Balaban J connectivity index is 2.16. The lowest BCUT2D eigenvalue weighted by Gasteiger charge is -2.11. The Morgan fingerprint density at radius 2 is 2.00 bits per heavy atom. The maximum absolute atomic E-state index is 12.1. The summed E-state index contributed by atoms with van der Waals surface area (Å²) in [6.45, 7) is 0. The van der Waals surface area contributed by atoms with Gasteiger partial charge in [-0.3, -0.25) is 4.79 Å². The van der Waals surface area contributed by atoms with Gasteiger partial charge in [0.05, 0.1) is 19.1 Å². The number of ether oxygens (including phenoxy) is 1. The SMILES string of the molecule is COc1cccc(C#N)c1NC(=O)Cc1ccc(Br)cc1. The number of benzene rings is 2. The first kappa shape index (κ1) is 15.1. The summed E-state index contributed by atoms with van der Waals surface area (Å²) < 4.78 is 6.14. The molecule has 0 aliphatic rings. The lowest BCUT2D eigenvalue weighted by atomic mass is 10.1. The van der Waals surface area contributed by atoms with Gasteiger partial charge >= 0.3 is 0 Å². The van der Waals surface area contributed by atoms with Gasteiger partial charge < -0.3 is 10.1 Å². The molecule has 2 aromatic carbocycles. The molecule has 0 bridgehead atoms. The van der Waals surface area contributed by atoms with E-state index in [0.29, 0.717) is 17.0 Å². The summed E-state index contributed by atoms with van der Waals surface area (Å²) >= 11 is 3.35. The van der Waals surface area contributed by atoms with E-state index < -0.39 is 0 Å². The Morgan fingerprint density at radius 1 is 1.29 bits per heavy atom. The van der Waals surface area contributed by atoms with E-state index in [1.807, 2.05) is 30.3 Å². The number of carbonyl (C=O) groups is 1. The molecule has 2 rings (SSSR count). The fourth-order valence-electron chi connectivity index (χ4n) is 1.89. The third-order valence-electron chi connectivity index (χ3n) is 2.91. The van der Waals surface area contributed by atoms with Crippen LogP contribution in [0.4, 0.5) is 5.69 Å². The second-order valence-corrected chi connectivity index (χ2v) is 5.26. The molecule has 1 amide bonds. The van der Waals surface area contributed by atoms with Crippen molar-refractivity contribution in [3.63, 3.8) is 0 Å². The first-order valence-corrected chi connectivity index (χ1v) is 7.04. The summed E-state index contributed by atoms with van der Waals surface area (Å²) in [6, 6.07) is 14.6. The standard InChI is InChI=1S/C16H13BrN2O2/c1-21-14-4-2-3-12(10-18)16(14)19-15(20)9-11-5-7-13(17)8-6-11/h2-8H,9H2,1H3,(H,19,20). The van der Waals surface area contributed by atoms with Crippen molar-refractivity contribution in [2.45, 2.75) is 6.42 Å². The van der Waals surface area contributed by atoms with E-state index >= 15 is 0 Å². The molecule has 0 aromatic heterocycles. The largest absolute Gasteiger partial charge is 0.495 e. The maximum atomic E-state index is 12.1. The maximum Gasteiger partial charge on any atom is 0.228 e. The smallest absolute Gasteiger partial charge is 0.228 e. The number of amides is 1. The Hall–Kier alpha value is -2.32. The number of carbonyl (C=O) groups excluding carboxylic acids is 1. The summed E-state index contributed by atoms with van der Waals surface area (Å²) in [7, 11) is 1.50. The molecule has 0 saturated heterocycles. The minimum absolute atomic E-state index is 0.196. The summed E-state index contributed by atoms with van der Waals surface area (Å²) in [6.07, 6.45) is 0.232. The fourth-order valence-corrected chi connectivity index (χ4v) is 2.16. The van der Waals surface area contributed by atoms with Gasteiger partial charge in [0.1, 0.15) is 17.5 Å². The third kappa shape index (κ3) is 3.83. The van der Waals surface area contributed by atoms with E-state index in [-0.39, 0.29) is 12.3 Å². The van der Waals surface area contributed by atoms with Crippen molar-refractivity contribution < 1.29 is 9.53 Å². The third-order valence-corrected chi connectivity index (χ3v) is 3.44. The van der Waals surface area contributed by atoms with Crippen molar-refractivity contribution in [1.82, 2.24) is 0 Å². The topological polar surface area (TPSA) is 62.1 Å². The predicted molar refractivity (Wildman–Crippen MR) is 84.2 cm³/mol. The fraction of sp³-hybridized carbons (Fsp3) is 0.125. The minimum atomic E-state index is -0.196. The first-order chi connectivity index (χ1) is 10.1. The van der Waals surface area contributed by atoms with Crippen LogP contribution in [0.5, 0.6) is 5.75 Å². The van der Waals surface area contributed by atoms with Gasteiger partial charge in [0.2, 0.25) is 5.91 Å². The number of nitrogens with one attached hydrogen (secondary N) is 1. The number of nitriles is 1. The van der Waals surface area contributed by atoms with E-state index in [1.165, 1.54) is 7.11 Å². The zero-order valence-corrected chi connectivity index (χ0v) is 13.0. The highest BCUT2D eigenvalue weighted by atomic mass is 79.9. The zero-order valence-electron chi connectivity index (χ0n) is 11.4. The van der Waals surface area contributed by atoms with Crippen LogP contribution in [0.15, 0.2) is 46.9 Å². The number of rotatable bonds is 4. The molecule has 4 nitrogen and oxygen atoms in total. The van der Waals surface area contributed by atoms with Crippen LogP contribution < -0.4 is 10.1 Å². The van der Waals surface area contributed by atoms with Crippen LogP contribution in [-0.4, -0.2) is 13.0 Å².